The Kier molecular flexibility index (Phi) is 4.58. The second kappa shape index (κ2) is 6.39. The Morgan fingerprint density at radius 1 is 1.19 bits per heavy atom. The van der Waals surface area contributed by atoms with E-state index in [0.29, 0.717) is 12.4 Å². The molecule has 1 heterocycles. The lowest BCUT2D eigenvalue weighted by Gasteiger charge is -2.24. The first-order valence-electron chi connectivity index (χ1n) is 6.87. The number of rotatable bonds is 5. The summed E-state index contributed by atoms with van der Waals surface area (Å²) in [6, 6.07) is 13.4. The van der Waals surface area contributed by atoms with Gasteiger partial charge in [0.05, 0.1) is 12.5 Å². The minimum atomic E-state index is -0.568. The quantitative estimate of drug-likeness (QED) is 0.918. The molecule has 0 spiro atoms. The average Bonchev–Trinajstić information content (AvgIpc) is 2.53. The maximum Gasteiger partial charge on any atom is 0.230 e. The standard InChI is InChI=1S/C17H20N2O2/c1-17(2,14-7-5-4-6-8-14)16(20)19-12-13-9-10-15(21-3)18-11-13/h4-11H,12H2,1-3H3,(H,19,20). The highest BCUT2D eigenvalue weighted by molar-refractivity contribution is 5.87. The number of hydrogen-bond donors (Lipinski definition) is 1. The second-order valence-electron chi connectivity index (χ2n) is 5.38. The van der Waals surface area contributed by atoms with E-state index >= 15 is 0 Å². The molecule has 0 fully saturated rings. The third-order valence-electron chi connectivity index (χ3n) is 3.52. The van der Waals surface area contributed by atoms with Crippen LogP contribution < -0.4 is 10.1 Å². The molecule has 1 amide bonds. The Bertz CT molecular complexity index is 592. The summed E-state index contributed by atoms with van der Waals surface area (Å²) in [5.74, 6) is 0.555. The molecule has 2 aromatic rings. The number of carbonyl (C=O) groups excluding carboxylic acids is 1. The molecule has 0 saturated carbocycles. The third kappa shape index (κ3) is 3.60. The van der Waals surface area contributed by atoms with Crippen LogP contribution in [-0.2, 0) is 16.8 Å². The number of nitrogens with one attached hydrogen (secondary N) is 1. The average molecular weight is 284 g/mol. The highest BCUT2D eigenvalue weighted by Gasteiger charge is 2.29. The van der Waals surface area contributed by atoms with E-state index < -0.39 is 5.41 Å². The molecule has 0 aliphatic carbocycles. The Morgan fingerprint density at radius 3 is 2.48 bits per heavy atom. The van der Waals surface area contributed by atoms with E-state index in [1.807, 2.05) is 50.2 Å². The lowest BCUT2D eigenvalue weighted by molar-refractivity contribution is -0.125. The maximum absolute atomic E-state index is 12.4. The van der Waals surface area contributed by atoms with Crippen molar-refractivity contribution in [2.75, 3.05) is 7.11 Å². The normalized spacial score (nSPS) is 11.0. The number of ether oxygens (including phenoxy) is 1. The van der Waals surface area contributed by atoms with Gasteiger partial charge >= 0.3 is 0 Å². The first kappa shape index (κ1) is 15.0. The molecule has 4 heteroatoms. The van der Waals surface area contributed by atoms with Gasteiger partial charge in [0.25, 0.3) is 0 Å². The van der Waals surface area contributed by atoms with Crippen LogP contribution in [0.5, 0.6) is 5.88 Å². The molecule has 0 unspecified atom stereocenters. The van der Waals surface area contributed by atoms with Crippen molar-refractivity contribution >= 4 is 5.91 Å². The minimum Gasteiger partial charge on any atom is -0.481 e. The van der Waals surface area contributed by atoms with Crippen molar-refractivity contribution in [3.8, 4) is 5.88 Å². The van der Waals surface area contributed by atoms with Crippen LogP contribution in [0.25, 0.3) is 0 Å². The molecular formula is C17H20N2O2. The number of hydrogen-bond acceptors (Lipinski definition) is 3. The monoisotopic (exact) mass is 284 g/mol. The van der Waals surface area contributed by atoms with Crippen molar-refractivity contribution in [2.24, 2.45) is 0 Å². The van der Waals surface area contributed by atoms with Gasteiger partial charge in [-0.3, -0.25) is 4.79 Å². The predicted octanol–water partition coefficient (Wildman–Crippen LogP) is 2.68. The molecule has 21 heavy (non-hydrogen) atoms. The van der Waals surface area contributed by atoms with Gasteiger partial charge < -0.3 is 10.1 Å². The van der Waals surface area contributed by atoms with E-state index in [1.54, 1.807) is 19.4 Å². The number of benzene rings is 1. The Balaban J connectivity index is 2.00. The molecule has 2 rings (SSSR count). The van der Waals surface area contributed by atoms with Gasteiger partial charge in [0.2, 0.25) is 11.8 Å². The van der Waals surface area contributed by atoms with Gasteiger partial charge in [-0.1, -0.05) is 36.4 Å². The summed E-state index contributed by atoms with van der Waals surface area (Å²) in [6.07, 6.45) is 1.70. The highest BCUT2D eigenvalue weighted by atomic mass is 16.5. The molecule has 1 aromatic carbocycles. The van der Waals surface area contributed by atoms with E-state index in [-0.39, 0.29) is 5.91 Å². The van der Waals surface area contributed by atoms with Crippen LogP contribution in [0.1, 0.15) is 25.0 Å². The lowest BCUT2D eigenvalue weighted by atomic mass is 9.84. The first-order valence-corrected chi connectivity index (χ1v) is 6.87. The molecule has 4 nitrogen and oxygen atoms in total. The zero-order valence-electron chi connectivity index (χ0n) is 12.6. The van der Waals surface area contributed by atoms with Crippen LogP contribution in [-0.4, -0.2) is 18.0 Å². The molecule has 1 N–H and O–H groups in total. The minimum absolute atomic E-state index is 0.00971. The number of aromatic nitrogens is 1. The van der Waals surface area contributed by atoms with Crippen molar-refractivity contribution < 1.29 is 9.53 Å². The molecule has 0 radical (unpaired) electrons. The lowest BCUT2D eigenvalue weighted by Crippen LogP contribution is -2.39. The van der Waals surface area contributed by atoms with Gasteiger partial charge in [-0.15, -0.1) is 0 Å². The van der Waals surface area contributed by atoms with Crippen LogP contribution in [0.3, 0.4) is 0 Å². The molecule has 0 aliphatic rings. The van der Waals surface area contributed by atoms with Gasteiger partial charge in [-0.05, 0) is 25.0 Å². The van der Waals surface area contributed by atoms with Gasteiger partial charge in [-0.2, -0.15) is 0 Å². The van der Waals surface area contributed by atoms with Crippen LogP contribution in [0.4, 0.5) is 0 Å². The summed E-state index contributed by atoms with van der Waals surface area (Å²) in [4.78, 5) is 16.5. The van der Waals surface area contributed by atoms with E-state index in [2.05, 4.69) is 10.3 Å². The predicted molar refractivity (Wildman–Crippen MR) is 82.1 cm³/mol. The number of pyridine rings is 1. The Hall–Kier alpha value is -2.36. The fraction of sp³-hybridized carbons (Fsp3) is 0.294. The zero-order valence-corrected chi connectivity index (χ0v) is 12.6. The number of methoxy groups -OCH3 is 1. The third-order valence-corrected chi connectivity index (χ3v) is 3.52. The fourth-order valence-electron chi connectivity index (χ4n) is 2.03. The summed E-state index contributed by atoms with van der Waals surface area (Å²) in [7, 11) is 1.58. The van der Waals surface area contributed by atoms with Crippen LogP contribution in [0, 0.1) is 0 Å². The number of carbonyl (C=O) groups is 1. The SMILES string of the molecule is COc1ccc(CNC(=O)C(C)(C)c2ccccc2)cn1. The van der Waals surface area contributed by atoms with Crippen LogP contribution >= 0.6 is 0 Å². The van der Waals surface area contributed by atoms with E-state index in [0.717, 1.165) is 11.1 Å². The van der Waals surface area contributed by atoms with E-state index in [1.165, 1.54) is 0 Å². The topological polar surface area (TPSA) is 51.2 Å². The van der Waals surface area contributed by atoms with Crippen molar-refractivity contribution in [1.82, 2.24) is 10.3 Å². The smallest absolute Gasteiger partial charge is 0.230 e. The van der Waals surface area contributed by atoms with Gasteiger partial charge in [0, 0.05) is 18.8 Å². The van der Waals surface area contributed by atoms with Crippen molar-refractivity contribution in [3.05, 3.63) is 59.8 Å². The summed E-state index contributed by atoms with van der Waals surface area (Å²) in [6.45, 7) is 4.29. The summed E-state index contributed by atoms with van der Waals surface area (Å²) >= 11 is 0. The summed E-state index contributed by atoms with van der Waals surface area (Å²) in [5.41, 5.74) is 1.37. The molecule has 0 atom stereocenters. The second-order valence-corrected chi connectivity index (χ2v) is 5.38. The molecule has 0 aliphatic heterocycles. The van der Waals surface area contributed by atoms with Crippen molar-refractivity contribution in [1.29, 1.82) is 0 Å². The summed E-state index contributed by atoms with van der Waals surface area (Å²) in [5, 5.41) is 2.96. The van der Waals surface area contributed by atoms with Crippen LogP contribution in [0.15, 0.2) is 48.7 Å². The van der Waals surface area contributed by atoms with E-state index in [9.17, 15) is 4.79 Å². The van der Waals surface area contributed by atoms with E-state index in [4.69, 9.17) is 4.74 Å². The molecular weight excluding hydrogens is 264 g/mol. The van der Waals surface area contributed by atoms with Gasteiger partial charge in [0.15, 0.2) is 0 Å². The van der Waals surface area contributed by atoms with Crippen LogP contribution in [0.2, 0.25) is 0 Å². The largest absolute Gasteiger partial charge is 0.481 e. The molecule has 1 aromatic heterocycles. The Morgan fingerprint density at radius 2 is 1.90 bits per heavy atom. The fourth-order valence-corrected chi connectivity index (χ4v) is 2.03. The maximum atomic E-state index is 12.4. The highest BCUT2D eigenvalue weighted by Crippen LogP contribution is 2.23. The summed E-state index contributed by atoms with van der Waals surface area (Å²) < 4.78 is 5.01. The first-order chi connectivity index (χ1) is 10.0. The van der Waals surface area contributed by atoms with Gasteiger partial charge in [0.1, 0.15) is 0 Å². The molecule has 110 valence electrons. The van der Waals surface area contributed by atoms with Crippen molar-refractivity contribution in [2.45, 2.75) is 25.8 Å². The van der Waals surface area contributed by atoms with Gasteiger partial charge in [-0.25, -0.2) is 4.98 Å². The number of nitrogens with zero attached hydrogens (tertiary/aromatic N) is 1. The van der Waals surface area contributed by atoms with Crippen molar-refractivity contribution in [3.63, 3.8) is 0 Å². The number of amides is 1. The molecule has 0 saturated heterocycles. The molecule has 0 bridgehead atoms. The zero-order chi connectivity index (χ0) is 15.3. The Labute approximate surface area is 125 Å².